The van der Waals surface area contributed by atoms with Crippen LogP contribution in [0.25, 0.3) is 0 Å². The second-order valence-electron chi connectivity index (χ2n) is 7.44. The minimum atomic E-state index is 0.321. The lowest BCUT2D eigenvalue weighted by molar-refractivity contribution is 0.0397. The van der Waals surface area contributed by atoms with E-state index in [9.17, 15) is 0 Å². The van der Waals surface area contributed by atoms with Crippen molar-refractivity contribution in [3.8, 4) is 0 Å². The van der Waals surface area contributed by atoms with Crippen molar-refractivity contribution in [2.75, 3.05) is 13.1 Å². The number of piperidine rings is 1. The highest BCUT2D eigenvalue weighted by atomic mass is 15.3. The molecule has 2 N–H and O–H groups in total. The molecule has 0 aromatic heterocycles. The van der Waals surface area contributed by atoms with Crippen LogP contribution in [0.1, 0.15) is 59.8 Å². The van der Waals surface area contributed by atoms with Crippen molar-refractivity contribution >= 4 is 5.84 Å². The van der Waals surface area contributed by atoms with Gasteiger partial charge in [0.15, 0.2) is 0 Å². The van der Waals surface area contributed by atoms with E-state index in [-0.39, 0.29) is 0 Å². The SMILES string of the molecule is CCC1=C(N[C@H]2CC3CCCN3C(C)(C)C2)NC(C)=NC1. The zero-order valence-electron chi connectivity index (χ0n) is 14.0. The quantitative estimate of drug-likeness (QED) is 0.839. The Labute approximate surface area is 129 Å². The fraction of sp³-hybridized carbons (Fsp3) is 0.824. The smallest absolute Gasteiger partial charge is 0.105 e. The summed E-state index contributed by atoms with van der Waals surface area (Å²) in [6.45, 7) is 11.2. The van der Waals surface area contributed by atoms with Gasteiger partial charge in [0.1, 0.15) is 5.82 Å². The summed E-state index contributed by atoms with van der Waals surface area (Å²) in [7, 11) is 0. The standard InChI is InChI=1S/C17H30N4/c1-5-13-11-18-12(2)19-16(13)20-14-9-15-7-6-8-21(15)17(3,4)10-14/h14-15,20H,5-11H2,1-4H3,(H,18,19)/t14-,15?/m0/s1. The highest BCUT2D eigenvalue weighted by Crippen LogP contribution is 2.37. The number of rotatable bonds is 3. The number of hydrogen-bond donors (Lipinski definition) is 2. The first-order valence-corrected chi connectivity index (χ1v) is 8.53. The molecule has 118 valence electrons. The molecule has 3 rings (SSSR count). The molecule has 3 heterocycles. The topological polar surface area (TPSA) is 39.7 Å². The van der Waals surface area contributed by atoms with E-state index < -0.39 is 0 Å². The van der Waals surface area contributed by atoms with E-state index in [2.05, 4.69) is 48.2 Å². The van der Waals surface area contributed by atoms with Crippen LogP contribution in [-0.4, -0.2) is 41.4 Å². The summed E-state index contributed by atoms with van der Waals surface area (Å²) < 4.78 is 0. The van der Waals surface area contributed by atoms with Crippen LogP contribution in [0, 0.1) is 0 Å². The van der Waals surface area contributed by atoms with Gasteiger partial charge in [-0.2, -0.15) is 0 Å². The van der Waals surface area contributed by atoms with Gasteiger partial charge in [-0.1, -0.05) is 6.92 Å². The number of nitrogens with one attached hydrogen (secondary N) is 2. The highest BCUT2D eigenvalue weighted by Gasteiger charge is 2.43. The molecule has 4 nitrogen and oxygen atoms in total. The molecular weight excluding hydrogens is 260 g/mol. The van der Waals surface area contributed by atoms with Crippen LogP contribution < -0.4 is 10.6 Å². The summed E-state index contributed by atoms with van der Waals surface area (Å²) in [5.74, 6) is 2.27. The number of fused-ring (bicyclic) bond motifs is 1. The molecule has 0 bridgehead atoms. The summed E-state index contributed by atoms with van der Waals surface area (Å²) in [5, 5.41) is 7.28. The minimum absolute atomic E-state index is 0.321. The maximum atomic E-state index is 4.51. The van der Waals surface area contributed by atoms with E-state index in [1.807, 2.05) is 0 Å². The summed E-state index contributed by atoms with van der Waals surface area (Å²) in [6, 6.07) is 1.35. The molecule has 0 aliphatic carbocycles. The minimum Gasteiger partial charge on any atom is -0.369 e. The predicted molar refractivity (Wildman–Crippen MR) is 88.4 cm³/mol. The molecule has 2 atom stereocenters. The second kappa shape index (κ2) is 5.64. The molecule has 4 heteroatoms. The molecule has 0 saturated carbocycles. The van der Waals surface area contributed by atoms with E-state index in [0.29, 0.717) is 11.6 Å². The molecule has 3 aliphatic rings. The van der Waals surface area contributed by atoms with Crippen LogP contribution in [0.15, 0.2) is 16.4 Å². The van der Waals surface area contributed by atoms with Crippen molar-refractivity contribution in [1.29, 1.82) is 0 Å². The Kier molecular flexibility index (Phi) is 4.00. The molecule has 0 spiro atoms. The lowest BCUT2D eigenvalue weighted by Gasteiger charge is -2.48. The first-order valence-electron chi connectivity index (χ1n) is 8.53. The molecule has 3 aliphatic heterocycles. The Balaban J connectivity index is 1.71. The Morgan fingerprint density at radius 3 is 3.00 bits per heavy atom. The van der Waals surface area contributed by atoms with Crippen molar-refractivity contribution < 1.29 is 0 Å². The largest absolute Gasteiger partial charge is 0.369 e. The van der Waals surface area contributed by atoms with Crippen LogP contribution >= 0.6 is 0 Å². The van der Waals surface area contributed by atoms with Gasteiger partial charge in [0.2, 0.25) is 0 Å². The van der Waals surface area contributed by atoms with E-state index in [1.165, 1.54) is 43.6 Å². The maximum Gasteiger partial charge on any atom is 0.105 e. The zero-order chi connectivity index (χ0) is 15.0. The van der Waals surface area contributed by atoms with Crippen molar-refractivity contribution in [2.24, 2.45) is 4.99 Å². The third-order valence-corrected chi connectivity index (χ3v) is 5.40. The van der Waals surface area contributed by atoms with Crippen LogP contribution in [0.4, 0.5) is 0 Å². The van der Waals surface area contributed by atoms with Gasteiger partial charge in [-0.3, -0.25) is 9.89 Å². The molecule has 21 heavy (non-hydrogen) atoms. The Bertz CT molecular complexity index is 463. The molecule has 0 aromatic carbocycles. The zero-order valence-corrected chi connectivity index (χ0v) is 14.0. The highest BCUT2D eigenvalue weighted by molar-refractivity contribution is 5.82. The number of hydrogen-bond acceptors (Lipinski definition) is 4. The normalized spacial score (nSPS) is 32.5. The first-order chi connectivity index (χ1) is 9.99. The van der Waals surface area contributed by atoms with Gasteiger partial charge in [-0.25, -0.2) is 0 Å². The van der Waals surface area contributed by atoms with Crippen LogP contribution in [0.5, 0.6) is 0 Å². The maximum absolute atomic E-state index is 4.51. The Hall–Kier alpha value is -1.03. The van der Waals surface area contributed by atoms with Crippen molar-refractivity contribution in [1.82, 2.24) is 15.5 Å². The molecule has 0 radical (unpaired) electrons. The third kappa shape index (κ3) is 2.96. The fourth-order valence-corrected chi connectivity index (χ4v) is 4.35. The number of aliphatic imine (C=N–C) groups is 1. The van der Waals surface area contributed by atoms with Gasteiger partial charge in [0, 0.05) is 17.6 Å². The summed E-state index contributed by atoms with van der Waals surface area (Å²) in [4.78, 5) is 7.24. The van der Waals surface area contributed by atoms with Crippen molar-refractivity contribution in [3.05, 3.63) is 11.4 Å². The Morgan fingerprint density at radius 1 is 1.43 bits per heavy atom. The molecule has 2 fully saturated rings. The molecule has 1 unspecified atom stereocenters. The van der Waals surface area contributed by atoms with Gasteiger partial charge in [-0.15, -0.1) is 0 Å². The average molecular weight is 290 g/mol. The average Bonchev–Trinajstić information content (AvgIpc) is 2.87. The third-order valence-electron chi connectivity index (χ3n) is 5.40. The number of amidine groups is 1. The van der Waals surface area contributed by atoms with Crippen molar-refractivity contribution in [3.63, 3.8) is 0 Å². The summed E-state index contributed by atoms with van der Waals surface area (Å²) >= 11 is 0. The van der Waals surface area contributed by atoms with Gasteiger partial charge in [-0.05, 0) is 65.0 Å². The lowest BCUT2D eigenvalue weighted by Crippen LogP contribution is -2.57. The van der Waals surface area contributed by atoms with Crippen LogP contribution in [-0.2, 0) is 0 Å². The fourth-order valence-electron chi connectivity index (χ4n) is 4.35. The van der Waals surface area contributed by atoms with Crippen LogP contribution in [0.3, 0.4) is 0 Å². The van der Waals surface area contributed by atoms with Crippen LogP contribution in [0.2, 0.25) is 0 Å². The monoisotopic (exact) mass is 290 g/mol. The summed E-state index contributed by atoms with van der Waals surface area (Å²) in [6.07, 6.45) is 6.31. The van der Waals surface area contributed by atoms with Gasteiger partial charge < -0.3 is 10.6 Å². The molecule has 0 aromatic rings. The molecule has 0 amide bonds. The van der Waals surface area contributed by atoms with Gasteiger partial charge in [0.25, 0.3) is 0 Å². The Morgan fingerprint density at radius 2 is 2.24 bits per heavy atom. The van der Waals surface area contributed by atoms with E-state index in [1.54, 1.807) is 0 Å². The van der Waals surface area contributed by atoms with E-state index >= 15 is 0 Å². The lowest BCUT2D eigenvalue weighted by atomic mass is 9.83. The first kappa shape index (κ1) is 14.9. The predicted octanol–water partition coefficient (Wildman–Crippen LogP) is 2.62. The second-order valence-corrected chi connectivity index (χ2v) is 7.44. The number of nitrogens with zero attached hydrogens (tertiary/aromatic N) is 2. The van der Waals surface area contributed by atoms with Gasteiger partial charge >= 0.3 is 0 Å². The molecule has 2 saturated heterocycles. The van der Waals surface area contributed by atoms with E-state index in [0.717, 1.165) is 24.8 Å². The summed E-state index contributed by atoms with van der Waals surface area (Å²) in [5.41, 5.74) is 1.73. The van der Waals surface area contributed by atoms with E-state index in [4.69, 9.17) is 0 Å². The van der Waals surface area contributed by atoms with Crippen molar-refractivity contribution in [2.45, 2.75) is 77.4 Å². The molecular formula is C17H30N4. The van der Waals surface area contributed by atoms with Gasteiger partial charge in [0.05, 0.1) is 12.4 Å².